The average Bonchev–Trinajstić information content (AvgIpc) is 3.34. The number of β-lactam (4-membered cyclic amide) rings is 1. The van der Waals surface area contributed by atoms with Crippen molar-refractivity contribution in [3.05, 3.63) is 32.5 Å². The number of hydrogen-bond acceptors (Lipinski definition) is 7. The number of thiophene rings is 1. The van der Waals surface area contributed by atoms with Crippen molar-refractivity contribution >= 4 is 47.4 Å². The second-order valence-corrected chi connectivity index (χ2v) is 10.4. The molecule has 2 fully saturated rings. The molecule has 0 aromatic carbocycles. The summed E-state index contributed by atoms with van der Waals surface area (Å²) in [6.07, 6.45) is 0.149. The second-order valence-electron chi connectivity index (χ2n) is 8.08. The average molecular weight is 474 g/mol. The second kappa shape index (κ2) is 9.18. The number of halogens is 1. The molecule has 0 aliphatic carbocycles. The third kappa shape index (κ3) is 3.91. The van der Waals surface area contributed by atoms with Gasteiger partial charge in [0.2, 0.25) is 5.91 Å². The number of amides is 1. The molecule has 0 bridgehead atoms. The van der Waals surface area contributed by atoms with Crippen molar-refractivity contribution in [3.63, 3.8) is 0 Å². The van der Waals surface area contributed by atoms with Crippen LogP contribution in [0, 0.1) is 11.8 Å². The van der Waals surface area contributed by atoms with Gasteiger partial charge in [0.05, 0.1) is 18.1 Å². The SMILES string of the molecule is CNCc1cc([C@H]2C[C@H](SC3=C(C(=O)O)N4C(=O)[C@H]([C@@H](C)O)[C@H]4[C@H]3C)CN2)cs1.Cl. The fourth-order valence-corrected chi connectivity index (χ4v) is 7.18. The number of aliphatic hydroxyl groups excluding tert-OH is 1. The number of carbonyl (C=O) groups is 2. The minimum absolute atomic E-state index is 0. The molecule has 0 spiro atoms. The summed E-state index contributed by atoms with van der Waals surface area (Å²) < 4.78 is 0. The van der Waals surface area contributed by atoms with E-state index in [-0.39, 0.29) is 47.3 Å². The van der Waals surface area contributed by atoms with Gasteiger partial charge < -0.3 is 25.7 Å². The number of nitrogens with zero attached hydrogens (tertiary/aromatic N) is 1. The molecule has 4 heterocycles. The Morgan fingerprint density at radius 1 is 1.50 bits per heavy atom. The molecule has 1 aromatic rings. The maximum atomic E-state index is 12.5. The quantitative estimate of drug-likeness (QED) is 0.450. The third-order valence-corrected chi connectivity index (χ3v) is 8.59. The first-order valence-corrected chi connectivity index (χ1v) is 11.7. The zero-order valence-corrected chi connectivity index (χ0v) is 19.6. The lowest BCUT2D eigenvalue weighted by Crippen LogP contribution is -2.63. The zero-order valence-electron chi connectivity index (χ0n) is 17.1. The Morgan fingerprint density at radius 2 is 2.23 bits per heavy atom. The Morgan fingerprint density at radius 3 is 2.87 bits per heavy atom. The lowest BCUT2D eigenvalue weighted by molar-refractivity contribution is -0.163. The normalized spacial score (nSPS) is 31.4. The number of fused-ring (bicyclic) bond motifs is 1. The number of carboxylic acids is 1. The van der Waals surface area contributed by atoms with E-state index in [9.17, 15) is 19.8 Å². The van der Waals surface area contributed by atoms with Crippen molar-refractivity contribution in [2.75, 3.05) is 13.6 Å². The molecule has 0 unspecified atom stereocenters. The summed E-state index contributed by atoms with van der Waals surface area (Å²) in [7, 11) is 1.94. The van der Waals surface area contributed by atoms with E-state index in [4.69, 9.17) is 0 Å². The number of rotatable bonds is 7. The van der Waals surface area contributed by atoms with E-state index in [1.54, 1.807) is 30.0 Å². The van der Waals surface area contributed by atoms with Gasteiger partial charge in [0.25, 0.3) is 0 Å². The molecule has 1 amide bonds. The standard InChI is InChI=1S/C20H27N3O4S2.ClH/c1-9-16-15(10(2)24)19(25)23(16)17(20(26)27)18(9)29-13-5-14(22-7-13)11-4-12(6-21-3)28-8-11;/h4,8-10,13-16,21-22,24H,5-7H2,1-3H3,(H,26,27);1H/t9-,10-,13+,14-,15-,16-;/m1./s1. The topological polar surface area (TPSA) is 102 Å². The smallest absolute Gasteiger partial charge is 0.353 e. The van der Waals surface area contributed by atoms with Gasteiger partial charge in [0, 0.05) is 40.1 Å². The van der Waals surface area contributed by atoms with Gasteiger partial charge in [-0.2, -0.15) is 0 Å². The Labute approximate surface area is 190 Å². The number of aliphatic carboxylic acids is 1. The molecule has 30 heavy (non-hydrogen) atoms. The van der Waals surface area contributed by atoms with E-state index < -0.39 is 18.0 Å². The largest absolute Gasteiger partial charge is 0.477 e. The van der Waals surface area contributed by atoms with Crippen molar-refractivity contribution < 1.29 is 19.8 Å². The molecule has 0 radical (unpaired) electrons. The van der Waals surface area contributed by atoms with Gasteiger partial charge in [-0.05, 0) is 37.4 Å². The van der Waals surface area contributed by atoms with Crippen LogP contribution in [0.15, 0.2) is 22.0 Å². The Balaban J connectivity index is 0.00000256. The van der Waals surface area contributed by atoms with Gasteiger partial charge in [-0.25, -0.2) is 4.79 Å². The maximum Gasteiger partial charge on any atom is 0.353 e. The first-order chi connectivity index (χ1) is 13.8. The van der Waals surface area contributed by atoms with Crippen molar-refractivity contribution in [2.45, 2.75) is 50.3 Å². The van der Waals surface area contributed by atoms with Crippen molar-refractivity contribution in [1.82, 2.24) is 15.5 Å². The number of aliphatic hydroxyl groups is 1. The highest BCUT2D eigenvalue weighted by Crippen LogP contribution is 2.52. The minimum atomic E-state index is -1.06. The summed E-state index contributed by atoms with van der Waals surface area (Å²) in [5.74, 6) is -1.92. The van der Waals surface area contributed by atoms with Gasteiger partial charge >= 0.3 is 5.97 Å². The fourth-order valence-electron chi connectivity index (χ4n) is 4.75. The van der Waals surface area contributed by atoms with Crippen LogP contribution in [0.2, 0.25) is 0 Å². The van der Waals surface area contributed by atoms with E-state index >= 15 is 0 Å². The van der Waals surface area contributed by atoms with Crippen LogP contribution in [0.3, 0.4) is 0 Å². The van der Waals surface area contributed by atoms with Crippen LogP contribution in [0.1, 0.15) is 36.8 Å². The Bertz CT molecular complexity index is 859. The third-order valence-electron chi connectivity index (χ3n) is 6.12. The highest BCUT2D eigenvalue weighted by molar-refractivity contribution is 8.03. The van der Waals surface area contributed by atoms with Crippen LogP contribution in [0.4, 0.5) is 0 Å². The van der Waals surface area contributed by atoms with E-state index in [1.807, 2.05) is 14.0 Å². The summed E-state index contributed by atoms with van der Waals surface area (Å²) in [4.78, 5) is 27.9. The minimum Gasteiger partial charge on any atom is -0.477 e. The number of nitrogens with one attached hydrogen (secondary N) is 2. The summed E-state index contributed by atoms with van der Waals surface area (Å²) in [6, 6.07) is 2.25. The molecular weight excluding hydrogens is 446 g/mol. The van der Waals surface area contributed by atoms with Gasteiger partial charge in [0.1, 0.15) is 5.70 Å². The van der Waals surface area contributed by atoms with Crippen LogP contribution in [-0.4, -0.2) is 58.0 Å². The van der Waals surface area contributed by atoms with Crippen LogP contribution in [0.25, 0.3) is 0 Å². The molecule has 166 valence electrons. The molecule has 2 saturated heterocycles. The predicted octanol–water partition coefficient (Wildman–Crippen LogP) is 2.18. The molecule has 1 aromatic heterocycles. The Hall–Kier alpha value is -1.10. The van der Waals surface area contributed by atoms with E-state index in [0.29, 0.717) is 0 Å². The monoisotopic (exact) mass is 473 g/mol. The van der Waals surface area contributed by atoms with Crippen molar-refractivity contribution in [2.24, 2.45) is 11.8 Å². The Kier molecular flexibility index (Phi) is 7.21. The molecule has 0 saturated carbocycles. The van der Waals surface area contributed by atoms with Gasteiger partial charge in [0.15, 0.2) is 0 Å². The van der Waals surface area contributed by atoms with Crippen LogP contribution in [0.5, 0.6) is 0 Å². The van der Waals surface area contributed by atoms with E-state index in [2.05, 4.69) is 22.1 Å². The fraction of sp³-hybridized carbons (Fsp3) is 0.600. The maximum absolute atomic E-state index is 12.5. The van der Waals surface area contributed by atoms with Crippen LogP contribution >= 0.6 is 35.5 Å². The predicted molar refractivity (Wildman–Crippen MR) is 121 cm³/mol. The first kappa shape index (κ1) is 23.6. The van der Waals surface area contributed by atoms with Crippen molar-refractivity contribution in [1.29, 1.82) is 0 Å². The molecule has 3 aliphatic rings. The van der Waals surface area contributed by atoms with Gasteiger partial charge in [-0.1, -0.05) is 6.92 Å². The van der Waals surface area contributed by atoms with Gasteiger partial charge in [-0.3, -0.25) is 4.79 Å². The summed E-state index contributed by atoms with van der Waals surface area (Å²) in [5.41, 5.74) is 1.40. The molecule has 4 rings (SSSR count). The summed E-state index contributed by atoms with van der Waals surface area (Å²) in [5, 5.41) is 28.9. The van der Waals surface area contributed by atoms with E-state index in [1.165, 1.54) is 15.3 Å². The lowest BCUT2D eigenvalue weighted by Gasteiger charge is -2.46. The molecule has 4 N–H and O–H groups in total. The number of hydrogen-bond donors (Lipinski definition) is 4. The van der Waals surface area contributed by atoms with E-state index in [0.717, 1.165) is 24.4 Å². The first-order valence-electron chi connectivity index (χ1n) is 9.94. The number of carboxylic acid groups (broad SMARTS) is 1. The zero-order chi connectivity index (χ0) is 20.9. The number of carbonyl (C=O) groups excluding carboxylic acids is 1. The summed E-state index contributed by atoms with van der Waals surface area (Å²) in [6.45, 7) is 5.24. The lowest BCUT2D eigenvalue weighted by atomic mass is 9.79. The van der Waals surface area contributed by atoms with Gasteiger partial charge in [-0.15, -0.1) is 35.5 Å². The highest BCUT2D eigenvalue weighted by atomic mass is 35.5. The molecule has 10 heteroatoms. The molecular formula is C20H28ClN3O4S2. The van der Waals surface area contributed by atoms with Crippen LogP contribution < -0.4 is 10.6 Å². The van der Waals surface area contributed by atoms with Crippen molar-refractivity contribution in [3.8, 4) is 0 Å². The van der Waals surface area contributed by atoms with Crippen LogP contribution in [-0.2, 0) is 16.1 Å². The molecule has 6 atom stereocenters. The molecule has 3 aliphatic heterocycles. The molecule has 7 nitrogen and oxygen atoms in total. The summed E-state index contributed by atoms with van der Waals surface area (Å²) >= 11 is 3.34. The highest BCUT2D eigenvalue weighted by Gasteiger charge is 2.60. The number of thioether (sulfide) groups is 1.